The van der Waals surface area contributed by atoms with Gasteiger partial charge in [-0.1, -0.05) is 12.7 Å². The summed E-state index contributed by atoms with van der Waals surface area (Å²) in [4.78, 5) is 0. The molecular formula is C3H5N. The van der Waals surface area contributed by atoms with Crippen LogP contribution >= 0.6 is 0 Å². The average molecular weight is 55.1 g/mol. The van der Waals surface area contributed by atoms with Gasteiger partial charge in [0.15, 0.2) is 0 Å². The van der Waals surface area contributed by atoms with Crippen molar-refractivity contribution in [2.45, 2.75) is 0 Å². The molecule has 0 saturated heterocycles. The highest BCUT2D eigenvalue weighted by molar-refractivity contribution is 5.66. The summed E-state index contributed by atoms with van der Waals surface area (Å²) < 4.78 is 0. The first-order valence-corrected chi connectivity index (χ1v) is 1.03. The molecule has 0 aliphatic rings. The molecule has 0 aromatic rings. The highest BCUT2D eigenvalue weighted by Crippen LogP contribution is 1.37. The first-order valence-electron chi connectivity index (χ1n) is 1.03. The molecule has 0 unspecified atom stereocenters. The summed E-state index contributed by atoms with van der Waals surface area (Å²) in [5.74, 6) is 0. The van der Waals surface area contributed by atoms with E-state index in [9.17, 15) is 0 Å². The lowest BCUT2D eigenvalue weighted by atomic mass is 10.7. The van der Waals surface area contributed by atoms with Gasteiger partial charge in [-0.3, -0.25) is 0 Å². The molecule has 0 aromatic carbocycles. The second-order valence-electron chi connectivity index (χ2n) is 0.402. The van der Waals surface area contributed by atoms with Crippen LogP contribution in [0.15, 0.2) is 12.7 Å². The van der Waals surface area contributed by atoms with Gasteiger partial charge in [0, 0.05) is 6.21 Å². The third kappa shape index (κ3) is 1.41. The average Bonchev–Trinajstić information content (AvgIpc) is 1.37. The van der Waals surface area contributed by atoms with E-state index in [4.69, 9.17) is 5.41 Å². The van der Waals surface area contributed by atoms with Crippen molar-refractivity contribution in [3.63, 3.8) is 0 Å². The number of hydrogen-bond acceptors (Lipinski definition) is 1. The molecular weight excluding hydrogens is 50.0 g/mol. The van der Waals surface area contributed by atoms with Crippen LogP contribution in [0.1, 0.15) is 0 Å². The minimum Gasteiger partial charge on any atom is -0.309 e. The lowest BCUT2D eigenvalue weighted by Crippen LogP contribution is -1.41. The van der Waals surface area contributed by atoms with Gasteiger partial charge in [0.25, 0.3) is 0 Å². The van der Waals surface area contributed by atoms with Crippen molar-refractivity contribution in [1.29, 1.82) is 5.41 Å². The molecule has 4 heavy (non-hydrogen) atoms. The molecule has 0 atom stereocenters. The third-order valence-corrected chi connectivity index (χ3v) is 0.118. The third-order valence-electron chi connectivity index (χ3n) is 0.118. The van der Waals surface area contributed by atoms with Crippen molar-refractivity contribution in [3.05, 3.63) is 12.7 Å². The van der Waals surface area contributed by atoms with Crippen LogP contribution in [0, 0.1) is 5.41 Å². The van der Waals surface area contributed by atoms with Crippen LogP contribution in [0.25, 0.3) is 0 Å². The van der Waals surface area contributed by atoms with Crippen molar-refractivity contribution in [3.8, 4) is 0 Å². The largest absolute Gasteiger partial charge is 0.309 e. The zero-order valence-corrected chi connectivity index (χ0v) is 2.36. The van der Waals surface area contributed by atoms with Gasteiger partial charge in [0.2, 0.25) is 0 Å². The summed E-state index contributed by atoms with van der Waals surface area (Å²) in [5.41, 5.74) is 0. The van der Waals surface area contributed by atoms with Crippen LogP contribution in [0.3, 0.4) is 0 Å². The Bertz CT molecular complexity index is 24.3. The number of allylic oxidation sites excluding steroid dienone is 1. The molecule has 0 rings (SSSR count). The van der Waals surface area contributed by atoms with Gasteiger partial charge in [-0.25, -0.2) is 0 Å². The summed E-state index contributed by atoms with van der Waals surface area (Å²) in [5, 5.41) is 6.21. The Balaban J connectivity index is 2.73. The van der Waals surface area contributed by atoms with Gasteiger partial charge >= 0.3 is 0 Å². The van der Waals surface area contributed by atoms with Gasteiger partial charge in [0.1, 0.15) is 0 Å². The van der Waals surface area contributed by atoms with Crippen LogP contribution in [0.4, 0.5) is 0 Å². The van der Waals surface area contributed by atoms with Crippen molar-refractivity contribution in [2.75, 3.05) is 0 Å². The Morgan fingerprint density at radius 3 is 2.00 bits per heavy atom. The van der Waals surface area contributed by atoms with Crippen LogP contribution in [-0.4, -0.2) is 6.21 Å². The molecule has 0 aromatic heterocycles. The van der Waals surface area contributed by atoms with E-state index in [0.717, 1.165) is 6.21 Å². The molecule has 0 aliphatic carbocycles. The van der Waals surface area contributed by atoms with E-state index in [-0.39, 0.29) is 0 Å². The van der Waals surface area contributed by atoms with Gasteiger partial charge in [-0.2, -0.15) is 0 Å². The van der Waals surface area contributed by atoms with E-state index in [1.54, 1.807) is 0 Å². The summed E-state index contributed by atoms with van der Waals surface area (Å²) in [6, 6.07) is 0. The van der Waals surface area contributed by atoms with Crippen molar-refractivity contribution < 1.29 is 0 Å². The second kappa shape index (κ2) is 2.41. The lowest BCUT2D eigenvalue weighted by molar-refractivity contribution is 1.58. The van der Waals surface area contributed by atoms with Crippen LogP contribution in [0.5, 0.6) is 0 Å². The molecule has 0 aliphatic heterocycles. The minimum absolute atomic E-state index is 1.14. The molecule has 1 heteroatoms. The Morgan fingerprint density at radius 1 is 1.75 bits per heavy atom. The highest BCUT2D eigenvalue weighted by atomic mass is 14.3. The monoisotopic (exact) mass is 55.0 g/mol. The fourth-order valence-electron chi connectivity index (χ4n) is 0. The first kappa shape index (κ1) is 3.41. The molecule has 0 amide bonds. The van der Waals surface area contributed by atoms with E-state index in [1.807, 2.05) is 0 Å². The molecule has 0 fully saturated rings. The van der Waals surface area contributed by atoms with Crippen molar-refractivity contribution in [1.82, 2.24) is 0 Å². The predicted molar refractivity (Wildman–Crippen MR) is 19.0 cm³/mol. The smallest absolute Gasteiger partial charge is 0.0171 e. The zero-order valence-electron chi connectivity index (χ0n) is 2.36. The Kier molecular flexibility index (Phi) is 2.05. The van der Waals surface area contributed by atoms with Gasteiger partial charge in [-0.05, 0) is 0 Å². The number of hydrogen-bond donors (Lipinski definition) is 1. The maximum atomic E-state index is 6.21. The van der Waals surface area contributed by atoms with Crippen LogP contribution in [0.2, 0.25) is 0 Å². The summed E-state index contributed by atoms with van der Waals surface area (Å²) in [6.45, 7) is 3.24. The van der Waals surface area contributed by atoms with E-state index in [1.165, 1.54) is 6.08 Å². The SMILES string of the molecule is C=CC=N. The topological polar surface area (TPSA) is 23.9 Å². The normalized spacial score (nSPS) is 5.00. The zero-order chi connectivity index (χ0) is 3.41. The number of nitrogens with one attached hydrogen (secondary N) is 1. The second-order valence-corrected chi connectivity index (χ2v) is 0.402. The van der Waals surface area contributed by atoms with E-state index in [0.29, 0.717) is 0 Å². The van der Waals surface area contributed by atoms with Gasteiger partial charge in [-0.15, -0.1) is 0 Å². The number of rotatable bonds is 1. The Morgan fingerprint density at radius 2 is 2.00 bits per heavy atom. The van der Waals surface area contributed by atoms with Crippen LogP contribution in [-0.2, 0) is 0 Å². The van der Waals surface area contributed by atoms with Crippen molar-refractivity contribution >= 4 is 6.21 Å². The van der Waals surface area contributed by atoms with Crippen molar-refractivity contribution in [2.24, 2.45) is 0 Å². The Labute approximate surface area is 25.5 Å². The fraction of sp³-hybridized carbons (Fsp3) is 0. The molecule has 1 nitrogen and oxygen atoms in total. The molecule has 1 N–H and O–H groups in total. The molecule has 0 spiro atoms. The molecule has 0 saturated carbocycles. The maximum Gasteiger partial charge on any atom is 0.0171 e. The summed E-state index contributed by atoms with van der Waals surface area (Å²) in [7, 11) is 0. The van der Waals surface area contributed by atoms with E-state index in [2.05, 4.69) is 6.58 Å². The van der Waals surface area contributed by atoms with Gasteiger partial charge < -0.3 is 5.41 Å². The Hall–Kier alpha value is -0.590. The highest BCUT2D eigenvalue weighted by Gasteiger charge is 1.31. The van der Waals surface area contributed by atoms with Gasteiger partial charge in [0.05, 0.1) is 0 Å². The molecule has 0 bridgehead atoms. The standard InChI is InChI=1S/C3H5N/c1-2-3-4/h2-4H,1H2. The predicted octanol–water partition coefficient (Wildman–Crippen LogP) is 0.822. The molecule has 0 heterocycles. The summed E-state index contributed by atoms with van der Waals surface area (Å²) >= 11 is 0. The quantitative estimate of drug-likeness (QED) is 0.429. The maximum absolute atomic E-state index is 6.21. The molecule has 0 radical (unpaired) electrons. The fourth-order valence-corrected chi connectivity index (χ4v) is 0. The van der Waals surface area contributed by atoms with E-state index < -0.39 is 0 Å². The first-order chi connectivity index (χ1) is 1.91. The van der Waals surface area contributed by atoms with Crippen LogP contribution < -0.4 is 0 Å². The minimum atomic E-state index is 1.14. The van der Waals surface area contributed by atoms with E-state index >= 15 is 0 Å². The molecule has 22 valence electrons. The lowest BCUT2D eigenvalue weighted by Gasteiger charge is -1.43. The summed E-state index contributed by atoms with van der Waals surface area (Å²) in [6.07, 6.45) is 2.56.